The smallest absolute Gasteiger partial charge is 0.326 e. The van der Waals surface area contributed by atoms with Crippen molar-refractivity contribution >= 4 is 23.6 Å². The third-order valence-electron chi connectivity index (χ3n) is 2.95. The lowest BCUT2D eigenvalue weighted by molar-refractivity contribution is -0.139. The lowest BCUT2D eigenvalue weighted by Gasteiger charge is -2.12. The van der Waals surface area contributed by atoms with Gasteiger partial charge in [0.05, 0.1) is 0 Å². The van der Waals surface area contributed by atoms with Crippen LogP contribution in [0.15, 0.2) is 10.6 Å². The van der Waals surface area contributed by atoms with E-state index < -0.39 is 17.9 Å². The number of carbonyl (C=O) groups excluding carboxylic acids is 1. The zero-order chi connectivity index (χ0) is 13.8. The Morgan fingerprint density at radius 1 is 1.63 bits per heavy atom. The Bertz CT molecular complexity index is 470. The summed E-state index contributed by atoms with van der Waals surface area (Å²) in [6.45, 7) is 0. The predicted molar refractivity (Wildman–Crippen MR) is 70.4 cm³/mol. The molecule has 0 saturated heterocycles. The molecule has 0 bridgehead atoms. The number of aromatic nitrogens is 1. The molecule has 0 radical (unpaired) electrons. The molecule has 1 unspecified atom stereocenters. The molecule has 1 aromatic heterocycles. The SMILES string of the molecule is CSCCC(NC(=O)c1cc(C2CC2)on1)C(=O)O. The largest absolute Gasteiger partial charge is 0.480 e. The van der Waals surface area contributed by atoms with Crippen molar-refractivity contribution in [3.63, 3.8) is 0 Å². The average Bonchev–Trinajstić information content (AvgIpc) is 3.11. The molecular weight excluding hydrogens is 268 g/mol. The first-order chi connectivity index (χ1) is 9.11. The monoisotopic (exact) mass is 284 g/mol. The Balaban J connectivity index is 1.94. The molecule has 104 valence electrons. The van der Waals surface area contributed by atoms with Crippen LogP contribution in [0.3, 0.4) is 0 Å². The number of hydrogen-bond acceptors (Lipinski definition) is 5. The highest BCUT2D eigenvalue weighted by Crippen LogP contribution is 2.40. The van der Waals surface area contributed by atoms with E-state index in [9.17, 15) is 9.59 Å². The fourth-order valence-corrected chi connectivity index (χ4v) is 2.15. The van der Waals surface area contributed by atoms with E-state index in [2.05, 4.69) is 10.5 Å². The van der Waals surface area contributed by atoms with Crippen molar-refractivity contribution in [2.24, 2.45) is 0 Å². The van der Waals surface area contributed by atoms with Crippen LogP contribution >= 0.6 is 11.8 Å². The van der Waals surface area contributed by atoms with Crippen LogP contribution in [-0.4, -0.2) is 40.2 Å². The minimum atomic E-state index is -1.03. The molecule has 1 atom stereocenters. The van der Waals surface area contributed by atoms with Crippen LogP contribution in [0.4, 0.5) is 0 Å². The fourth-order valence-electron chi connectivity index (χ4n) is 1.68. The summed E-state index contributed by atoms with van der Waals surface area (Å²) in [6, 6.07) is 0.710. The Labute approximate surface area is 114 Å². The molecule has 0 aliphatic heterocycles. The van der Waals surface area contributed by atoms with E-state index in [1.165, 1.54) is 11.8 Å². The molecule has 1 saturated carbocycles. The van der Waals surface area contributed by atoms with E-state index in [0.29, 0.717) is 23.9 Å². The number of nitrogens with one attached hydrogen (secondary N) is 1. The summed E-state index contributed by atoms with van der Waals surface area (Å²) in [4.78, 5) is 22.9. The average molecular weight is 284 g/mol. The number of carbonyl (C=O) groups is 2. The fraction of sp³-hybridized carbons (Fsp3) is 0.583. The molecule has 1 aliphatic carbocycles. The van der Waals surface area contributed by atoms with Gasteiger partial charge in [0, 0.05) is 12.0 Å². The molecule has 1 fully saturated rings. The molecule has 1 amide bonds. The van der Waals surface area contributed by atoms with Crippen molar-refractivity contribution in [1.29, 1.82) is 0 Å². The summed E-state index contributed by atoms with van der Waals surface area (Å²) in [5.74, 6) is 0.225. The van der Waals surface area contributed by atoms with Crippen molar-refractivity contribution < 1.29 is 19.2 Å². The van der Waals surface area contributed by atoms with Gasteiger partial charge >= 0.3 is 5.97 Å². The van der Waals surface area contributed by atoms with Crippen LogP contribution in [0.2, 0.25) is 0 Å². The molecule has 1 aliphatic rings. The predicted octanol–water partition coefficient (Wildman–Crippen LogP) is 1.49. The second kappa shape index (κ2) is 6.10. The number of thioether (sulfide) groups is 1. The first-order valence-electron chi connectivity index (χ1n) is 6.11. The molecule has 2 N–H and O–H groups in total. The molecule has 0 spiro atoms. The van der Waals surface area contributed by atoms with Gasteiger partial charge in [0.1, 0.15) is 11.8 Å². The summed E-state index contributed by atoms with van der Waals surface area (Å²) in [6.07, 6.45) is 4.39. The third-order valence-corrected chi connectivity index (χ3v) is 3.60. The highest BCUT2D eigenvalue weighted by atomic mass is 32.2. The molecule has 2 rings (SSSR count). The van der Waals surface area contributed by atoms with Crippen LogP contribution in [0.25, 0.3) is 0 Å². The van der Waals surface area contributed by atoms with Gasteiger partial charge in [-0.1, -0.05) is 5.16 Å². The lowest BCUT2D eigenvalue weighted by Crippen LogP contribution is -2.41. The molecule has 6 nitrogen and oxygen atoms in total. The lowest BCUT2D eigenvalue weighted by atomic mass is 10.2. The molecule has 19 heavy (non-hydrogen) atoms. The number of aliphatic carboxylic acids is 1. The van der Waals surface area contributed by atoms with Crippen molar-refractivity contribution in [2.45, 2.75) is 31.2 Å². The maximum atomic E-state index is 11.9. The quantitative estimate of drug-likeness (QED) is 0.788. The third kappa shape index (κ3) is 3.73. The Hall–Kier alpha value is -1.50. The van der Waals surface area contributed by atoms with Gasteiger partial charge in [0.15, 0.2) is 5.69 Å². The molecule has 0 aromatic carbocycles. The van der Waals surface area contributed by atoms with Gasteiger partial charge in [-0.3, -0.25) is 4.79 Å². The van der Waals surface area contributed by atoms with Crippen LogP contribution in [-0.2, 0) is 4.79 Å². The van der Waals surface area contributed by atoms with Crippen LogP contribution in [0.1, 0.15) is 41.4 Å². The molecule has 7 heteroatoms. The number of rotatable bonds is 7. The summed E-state index contributed by atoms with van der Waals surface area (Å²) < 4.78 is 5.07. The topological polar surface area (TPSA) is 92.4 Å². The Morgan fingerprint density at radius 3 is 2.95 bits per heavy atom. The molecule has 1 heterocycles. The summed E-state index contributed by atoms with van der Waals surface area (Å²) in [5.41, 5.74) is 0.150. The van der Waals surface area contributed by atoms with E-state index in [0.717, 1.165) is 12.8 Å². The first-order valence-corrected chi connectivity index (χ1v) is 7.50. The van der Waals surface area contributed by atoms with Gasteiger partial charge in [-0.25, -0.2) is 4.79 Å². The zero-order valence-electron chi connectivity index (χ0n) is 10.6. The van der Waals surface area contributed by atoms with Gasteiger partial charge in [0.2, 0.25) is 0 Å². The van der Waals surface area contributed by atoms with Gasteiger partial charge in [-0.15, -0.1) is 0 Å². The highest BCUT2D eigenvalue weighted by molar-refractivity contribution is 7.98. The van der Waals surface area contributed by atoms with Crippen LogP contribution in [0.5, 0.6) is 0 Å². The van der Waals surface area contributed by atoms with E-state index in [1.54, 1.807) is 6.07 Å². The minimum absolute atomic E-state index is 0.150. The Kier molecular flexibility index (Phi) is 4.47. The summed E-state index contributed by atoms with van der Waals surface area (Å²) in [7, 11) is 0. The number of carboxylic acids is 1. The van der Waals surface area contributed by atoms with E-state index in [1.807, 2.05) is 6.26 Å². The second-order valence-electron chi connectivity index (χ2n) is 4.53. The first kappa shape index (κ1) is 13.9. The van der Waals surface area contributed by atoms with E-state index in [4.69, 9.17) is 9.63 Å². The molecular formula is C12H16N2O4S. The van der Waals surface area contributed by atoms with Crippen molar-refractivity contribution in [3.05, 3.63) is 17.5 Å². The second-order valence-corrected chi connectivity index (χ2v) is 5.52. The number of carboxylic acid groups (broad SMARTS) is 1. The van der Waals surface area contributed by atoms with Gasteiger partial charge in [-0.05, 0) is 31.3 Å². The van der Waals surface area contributed by atoms with Gasteiger partial charge in [-0.2, -0.15) is 11.8 Å². The van der Waals surface area contributed by atoms with Crippen LogP contribution < -0.4 is 5.32 Å². The van der Waals surface area contributed by atoms with Crippen LogP contribution in [0, 0.1) is 0 Å². The standard InChI is InChI=1S/C12H16N2O4S/c1-19-5-4-8(12(16)17)13-11(15)9-6-10(18-14-9)7-2-3-7/h6-8H,2-5H2,1H3,(H,13,15)(H,16,17). The number of nitrogens with zero attached hydrogens (tertiary/aromatic N) is 1. The van der Waals surface area contributed by atoms with Gasteiger partial charge < -0.3 is 14.9 Å². The Morgan fingerprint density at radius 2 is 2.37 bits per heavy atom. The van der Waals surface area contributed by atoms with Crippen molar-refractivity contribution in [3.8, 4) is 0 Å². The van der Waals surface area contributed by atoms with E-state index in [-0.39, 0.29) is 5.69 Å². The highest BCUT2D eigenvalue weighted by Gasteiger charge is 2.29. The molecule has 1 aromatic rings. The van der Waals surface area contributed by atoms with E-state index >= 15 is 0 Å². The van der Waals surface area contributed by atoms with Gasteiger partial charge in [0.25, 0.3) is 5.91 Å². The summed E-state index contributed by atoms with van der Waals surface area (Å²) in [5, 5.41) is 15.2. The number of amides is 1. The normalized spacial score (nSPS) is 16.1. The summed E-state index contributed by atoms with van der Waals surface area (Å²) >= 11 is 1.54. The maximum absolute atomic E-state index is 11.9. The van der Waals surface area contributed by atoms with Crippen molar-refractivity contribution in [2.75, 3.05) is 12.0 Å². The minimum Gasteiger partial charge on any atom is -0.480 e. The number of hydrogen-bond donors (Lipinski definition) is 2. The zero-order valence-corrected chi connectivity index (χ0v) is 11.4. The van der Waals surface area contributed by atoms with Crippen molar-refractivity contribution in [1.82, 2.24) is 10.5 Å². The maximum Gasteiger partial charge on any atom is 0.326 e.